The van der Waals surface area contributed by atoms with Crippen molar-refractivity contribution < 1.29 is 9.59 Å². The van der Waals surface area contributed by atoms with E-state index in [1.807, 2.05) is 0 Å². The lowest BCUT2D eigenvalue weighted by Gasteiger charge is -2.05. The first kappa shape index (κ1) is 12.6. The first-order chi connectivity index (χ1) is 9.65. The summed E-state index contributed by atoms with van der Waals surface area (Å²) < 4.78 is 1.73. The number of carbonyl (C=O) groups is 2. The van der Waals surface area contributed by atoms with Crippen LogP contribution in [-0.2, 0) is 0 Å². The number of benzene rings is 1. The number of hydrogen-bond donors (Lipinski definition) is 1. The van der Waals surface area contributed by atoms with Gasteiger partial charge in [-0.05, 0) is 19.1 Å². The molecule has 0 atom stereocenters. The van der Waals surface area contributed by atoms with E-state index in [2.05, 4.69) is 10.3 Å². The molecule has 1 N–H and O–H groups in total. The molecular weight excluding hydrogens is 274 g/mol. The van der Waals surface area contributed by atoms with Gasteiger partial charge in [-0.1, -0.05) is 12.1 Å². The van der Waals surface area contributed by atoms with Crippen LogP contribution >= 0.6 is 11.3 Å². The van der Waals surface area contributed by atoms with Gasteiger partial charge in [-0.25, -0.2) is 4.98 Å². The van der Waals surface area contributed by atoms with Crippen LogP contribution in [0.15, 0.2) is 42.0 Å². The minimum atomic E-state index is -0.227. The number of thiazole rings is 1. The average Bonchev–Trinajstić information content (AvgIpc) is 3.00. The SMILES string of the molecule is CC(=O)c1cccc(NC(=O)c2csc3nccn23)c1. The molecule has 1 amide bonds. The van der Waals surface area contributed by atoms with Gasteiger partial charge >= 0.3 is 0 Å². The highest BCUT2D eigenvalue weighted by molar-refractivity contribution is 7.15. The minimum Gasteiger partial charge on any atom is -0.321 e. The Labute approximate surface area is 118 Å². The van der Waals surface area contributed by atoms with E-state index < -0.39 is 0 Å². The molecule has 0 saturated carbocycles. The van der Waals surface area contributed by atoms with Crippen LogP contribution < -0.4 is 5.32 Å². The van der Waals surface area contributed by atoms with Gasteiger partial charge in [-0.15, -0.1) is 11.3 Å². The van der Waals surface area contributed by atoms with Crippen LogP contribution in [0.3, 0.4) is 0 Å². The number of Topliss-reactive ketones (excluding diaryl/α,β-unsaturated/α-hetero) is 1. The zero-order valence-corrected chi connectivity index (χ0v) is 11.5. The van der Waals surface area contributed by atoms with Gasteiger partial charge in [-0.3, -0.25) is 14.0 Å². The molecule has 0 radical (unpaired) electrons. The lowest BCUT2D eigenvalue weighted by molar-refractivity contribution is 0.100. The van der Waals surface area contributed by atoms with E-state index in [4.69, 9.17) is 0 Å². The molecule has 1 aromatic carbocycles. The van der Waals surface area contributed by atoms with E-state index in [1.165, 1.54) is 18.3 Å². The number of rotatable bonds is 3. The van der Waals surface area contributed by atoms with Crippen molar-refractivity contribution >= 4 is 33.7 Å². The van der Waals surface area contributed by atoms with Crippen molar-refractivity contribution in [2.24, 2.45) is 0 Å². The van der Waals surface area contributed by atoms with Crippen LogP contribution in [0.2, 0.25) is 0 Å². The highest BCUT2D eigenvalue weighted by Gasteiger charge is 2.13. The third-order valence-electron chi connectivity index (χ3n) is 2.90. The maximum Gasteiger partial charge on any atom is 0.273 e. The Bertz CT molecular complexity index is 803. The standard InChI is InChI=1S/C14H11N3O2S/c1-9(18)10-3-2-4-11(7-10)16-13(19)12-8-20-14-15-5-6-17(12)14/h2-8H,1H3,(H,16,19). The zero-order chi connectivity index (χ0) is 14.1. The van der Waals surface area contributed by atoms with Crippen molar-refractivity contribution in [3.05, 3.63) is 53.3 Å². The van der Waals surface area contributed by atoms with Gasteiger partial charge in [0, 0.05) is 29.0 Å². The maximum atomic E-state index is 12.2. The number of aromatic nitrogens is 2. The Kier molecular flexibility index (Phi) is 3.08. The highest BCUT2D eigenvalue weighted by atomic mass is 32.1. The van der Waals surface area contributed by atoms with Gasteiger partial charge in [0.15, 0.2) is 10.7 Å². The molecule has 2 heterocycles. The molecule has 0 saturated heterocycles. The molecule has 0 aliphatic carbocycles. The van der Waals surface area contributed by atoms with Crippen LogP contribution in [0, 0.1) is 0 Å². The van der Waals surface area contributed by atoms with Crippen molar-refractivity contribution in [3.8, 4) is 0 Å². The smallest absolute Gasteiger partial charge is 0.273 e. The largest absolute Gasteiger partial charge is 0.321 e. The van der Waals surface area contributed by atoms with Crippen molar-refractivity contribution in [1.29, 1.82) is 0 Å². The fourth-order valence-corrected chi connectivity index (χ4v) is 2.73. The summed E-state index contributed by atoms with van der Waals surface area (Å²) in [5.41, 5.74) is 1.69. The van der Waals surface area contributed by atoms with Gasteiger partial charge in [0.2, 0.25) is 0 Å². The molecule has 0 aliphatic rings. The quantitative estimate of drug-likeness (QED) is 0.753. The highest BCUT2D eigenvalue weighted by Crippen LogP contribution is 2.17. The summed E-state index contributed by atoms with van der Waals surface area (Å²) in [5, 5.41) is 4.54. The molecule has 0 fully saturated rings. The molecule has 6 heteroatoms. The van der Waals surface area contributed by atoms with Crippen LogP contribution in [0.1, 0.15) is 27.8 Å². The summed E-state index contributed by atoms with van der Waals surface area (Å²) in [7, 11) is 0. The van der Waals surface area contributed by atoms with Gasteiger partial charge in [0.25, 0.3) is 5.91 Å². The Balaban J connectivity index is 1.88. The predicted molar refractivity (Wildman–Crippen MR) is 77.5 cm³/mol. The lowest BCUT2D eigenvalue weighted by Crippen LogP contribution is -2.14. The summed E-state index contributed by atoms with van der Waals surface area (Å²) in [6.07, 6.45) is 3.39. The summed E-state index contributed by atoms with van der Waals surface area (Å²) in [6.45, 7) is 1.49. The molecule has 5 nitrogen and oxygen atoms in total. The molecular formula is C14H11N3O2S. The number of amides is 1. The number of ketones is 1. The molecule has 0 spiro atoms. The average molecular weight is 285 g/mol. The van der Waals surface area contributed by atoms with Crippen molar-refractivity contribution in [1.82, 2.24) is 9.38 Å². The number of fused-ring (bicyclic) bond motifs is 1. The normalized spacial score (nSPS) is 10.7. The predicted octanol–water partition coefficient (Wildman–Crippen LogP) is 2.85. The molecule has 20 heavy (non-hydrogen) atoms. The molecule has 0 unspecified atom stereocenters. The molecule has 100 valence electrons. The molecule has 0 bridgehead atoms. The maximum absolute atomic E-state index is 12.2. The van der Waals surface area contributed by atoms with E-state index in [0.717, 1.165) is 4.96 Å². The number of carbonyl (C=O) groups excluding carboxylic acids is 2. The summed E-state index contributed by atoms with van der Waals surface area (Å²) in [6, 6.07) is 6.88. The third-order valence-corrected chi connectivity index (χ3v) is 3.76. The van der Waals surface area contributed by atoms with Gasteiger partial charge in [-0.2, -0.15) is 0 Å². The number of anilines is 1. The lowest BCUT2D eigenvalue weighted by atomic mass is 10.1. The summed E-state index contributed by atoms with van der Waals surface area (Å²) in [5.74, 6) is -0.261. The van der Waals surface area contributed by atoms with E-state index in [-0.39, 0.29) is 11.7 Å². The van der Waals surface area contributed by atoms with Gasteiger partial charge < -0.3 is 5.32 Å². The Morgan fingerprint density at radius 1 is 1.35 bits per heavy atom. The second-order valence-electron chi connectivity index (χ2n) is 4.29. The topological polar surface area (TPSA) is 63.5 Å². The van der Waals surface area contributed by atoms with E-state index >= 15 is 0 Å². The third kappa shape index (κ3) is 2.21. The Morgan fingerprint density at radius 2 is 2.20 bits per heavy atom. The number of imidazole rings is 1. The second kappa shape index (κ2) is 4.90. The second-order valence-corrected chi connectivity index (χ2v) is 5.13. The summed E-state index contributed by atoms with van der Waals surface area (Å²) >= 11 is 1.40. The zero-order valence-electron chi connectivity index (χ0n) is 10.7. The summed E-state index contributed by atoms with van der Waals surface area (Å²) in [4.78, 5) is 28.5. The van der Waals surface area contributed by atoms with Gasteiger partial charge in [0.1, 0.15) is 5.69 Å². The molecule has 3 aromatic rings. The number of nitrogens with one attached hydrogen (secondary N) is 1. The number of nitrogens with zero attached hydrogens (tertiary/aromatic N) is 2. The Morgan fingerprint density at radius 3 is 3.00 bits per heavy atom. The number of hydrogen-bond acceptors (Lipinski definition) is 4. The fraction of sp³-hybridized carbons (Fsp3) is 0.0714. The van der Waals surface area contributed by atoms with Crippen LogP contribution in [0.25, 0.3) is 4.96 Å². The monoisotopic (exact) mass is 285 g/mol. The van der Waals surface area contributed by atoms with Crippen LogP contribution in [0.5, 0.6) is 0 Å². The molecule has 0 aliphatic heterocycles. The van der Waals surface area contributed by atoms with E-state index in [9.17, 15) is 9.59 Å². The first-order valence-corrected chi connectivity index (χ1v) is 6.86. The van der Waals surface area contributed by atoms with Crippen molar-refractivity contribution in [2.75, 3.05) is 5.32 Å². The van der Waals surface area contributed by atoms with Gasteiger partial charge in [0.05, 0.1) is 0 Å². The van der Waals surface area contributed by atoms with Crippen LogP contribution in [-0.4, -0.2) is 21.1 Å². The van der Waals surface area contributed by atoms with Crippen LogP contribution in [0.4, 0.5) is 5.69 Å². The first-order valence-electron chi connectivity index (χ1n) is 5.98. The Hall–Kier alpha value is -2.47. The molecule has 3 rings (SSSR count). The molecule has 2 aromatic heterocycles. The fourth-order valence-electron chi connectivity index (χ4n) is 1.90. The van der Waals surface area contributed by atoms with E-state index in [1.54, 1.807) is 46.4 Å². The minimum absolute atomic E-state index is 0.0337. The van der Waals surface area contributed by atoms with E-state index in [0.29, 0.717) is 16.9 Å². The van der Waals surface area contributed by atoms with Crippen molar-refractivity contribution in [2.45, 2.75) is 6.92 Å². The van der Waals surface area contributed by atoms with Crippen molar-refractivity contribution in [3.63, 3.8) is 0 Å².